The quantitative estimate of drug-likeness (QED) is 0.895. The Labute approximate surface area is 105 Å². The molecule has 0 radical (unpaired) electrons. The first-order valence-electron chi connectivity index (χ1n) is 5.61. The van der Waals surface area contributed by atoms with Gasteiger partial charge in [-0.05, 0) is 50.3 Å². The third-order valence-corrected chi connectivity index (χ3v) is 4.13. The molecule has 0 spiro atoms. The zero-order valence-corrected chi connectivity index (χ0v) is 11.1. The molecule has 1 N–H and O–H groups in total. The Morgan fingerprint density at radius 3 is 2.71 bits per heavy atom. The lowest BCUT2D eigenvalue weighted by Gasteiger charge is -2.17. The minimum atomic E-state index is -0.744. The number of carboxylic acid groups (broad SMARTS) is 1. The first-order chi connectivity index (χ1) is 7.90. The summed E-state index contributed by atoms with van der Waals surface area (Å²) < 4.78 is 1.24. The van der Waals surface area contributed by atoms with E-state index in [0.717, 1.165) is 4.88 Å². The van der Waals surface area contributed by atoms with Crippen molar-refractivity contribution in [3.63, 3.8) is 0 Å². The fourth-order valence-electron chi connectivity index (χ4n) is 1.86. The average molecular weight is 248 g/mol. The van der Waals surface area contributed by atoms with E-state index in [4.69, 9.17) is 5.11 Å². The predicted octanol–water partition coefficient (Wildman–Crippen LogP) is 3.86. The number of carboxylic acids is 1. The fraction of sp³-hybridized carbons (Fsp3) is 0.357. The van der Waals surface area contributed by atoms with Crippen molar-refractivity contribution in [2.24, 2.45) is 5.41 Å². The molecule has 90 valence electrons. The number of fused-ring (bicyclic) bond motifs is 1. The molecule has 0 aliphatic rings. The van der Waals surface area contributed by atoms with Gasteiger partial charge in [0, 0.05) is 9.58 Å². The van der Waals surface area contributed by atoms with Gasteiger partial charge in [0.25, 0.3) is 0 Å². The van der Waals surface area contributed by atoms with Crippen LogP contribution in [0.15, 0.2) is 24.3 Å². The van der Waals surface area contributed by atoms with Crippen molar-refractivity contribution in [1.82, 2.24) is 0 Å². The van der Waals surface area contributed by atoms with E-state index < -0.39 is 11.4 Å². The van der Waals surface area contributed by atoms with E-state index in [1.807, 2.05) is 6.07 Å². The highest BCUT2D eigenvalue weighted by Crippen LogP contribution is 2.32. The maximum absolute atomic E-state index is 11.1. The second kappa shape index (κ2) is 4.15. The molecule has 2 rings (SSSR count). The number of aryl methyl sites for hydroxylation is 1. The van der Waals surface area contributed by atoms with Crippen molar-refractivity contribution in [1.29, 1.82) is 0 Å². The first-order valence-corrected chi connectivity index (χ1v) is 6.43. The zero-order chi connectivity index (χ0) is 12.6. The van der Waals surface area contributed by atoms with Crippen molar-refractivity contribution in [3.8, 4) is 0 Å². The second-order valence-electron chi connectivity index (χ2n) is 5.07. The van der Waals surface area contributed by atoms with Gasteiger partial charge in [0.1, 0.15) is 0 Å². The van der Waals surface area contributed by atoms with Gasteiger partial charge in [-0.25, -0.2) is 0 Å². The maximum atomic E-state index is 11.1. The molecule has 3 heteroatoms. The van der Waals surface area contributed by atoms with Crippen LogP contribution < -0.4 is 0 Å². The van der Waals surface area contributed by atoms with Gasteiger partial charge in [-0.15, -0.1) is 11.3 Å². The van der Waals surface area contributed by atoms with E-state index in [1.165, 1.54) is 15.6 Å². The van der Waals surface area contributed by atoms with Gasteiger partial charge in [0.15, 0.2) is 0 Å². The molecule has 0 saturated heterocycles. The highest BCUT2D eigenvalue weighted by Gasteiger charge is 2.28. The lowest BCUT2D eigenvalue weighted by molar-refractivity contribution is -0.146. The molecule has 0 saturated carbocycles. The molecule has 1 aromatic heterocycles. The SMILES string of the molecule is Cc1cccc2sc(CC(C)(C)C(=O)O)cc12. The average Bonchev–Trinajstić information content (AvgIpc) is 2.60. The molecule has 1 aromatic carbocycles. The Morgan fingerprint density at radius 1 is 1.41 bits per heavy atom. The molecule has 0 unspecified atom stereocenters. The van der Waals surface area contributed by atoms with Crippen LogP contribution >= 0.6 is 11.3 Å². The normalized spacial score (nSPS) is 11.9. The minimum Gasteiger partial charge on any atom is -0.481 e. The van der Waals surface area contributed by atoms with Gasteiger partial charge < -0.3 is 5.11 Å². The largest absolute Gasteiger partial charge is 0.481 e. The van der Waals surface area contributed by atoms with E-state index in [1.54, 1.807) is 25.2 Å². The van der Waals surface area contributed by atoms with Crippen LogP contribution in [0.1, 0.15) is 24.3 Å². The molecule has 0 fully saturated rings. The third kappa shape index (κ3) is 2.34. The lowest BCUT2D eigenvalue weighted by atomic mass is 9.89. The number of carbonyl (C=O) groups is 1. The molecular formula is C14H16O2S. The van der Waals surface area contributed by atoms with Gasteiger partial charge in [-0.1, -0.05) is 12.1 Å². The van der Waals surface area contributed by atoms with Crippen molar-refractivity contribution < 1.29 is 9.90 Å². The Hall–Kier alpha value is -1.35. The van der Waals surface area contributed by atoms with E-state index in [-0.39, 0.29) is 0 Å². The van der Waals surface area contributed by atoms with Gasteiger partial charge >= 0.3 is 5.97 Å². The molecule has 2 nitrogen and oxygen atoms in total. The Morgan fingerprint density at radius 2 is 2.12 bits per heavy atom. The summed E-state index contributed by atoms with van der Waals surface area (Å²) in [6.07, 6.45) is 0.584. The van der Waals surface area contributed by atoms with Gasteiger partial charge in [-0.3, -0.25) is 4.79 Å². The van der Waals surface area contributed by atoms with E-state index in [2.05, 4.69) is 25.1 Å². The summed E-state index contributed by atoms with van der Waals surface area (Å²) in [6, 6.07) is 8.34. The lowest BCUT2D eigenvalue weighted by Crippen LogP contribution is -2.25. The summed E-state index contributed by atoms with van der Waals surface area (Å²) in [6.45, 7) is 5.63. The highest BCUT2D eigenvalue weighted by atomic mass is 32.1. The van der Waals surface area contributed by atoms with Crippen LogP contribution in [-0.4, -0.2) is 11.1 Å². The topological polar surface area (TPSA) is 37.3 Å². The van der Waals surface area contributed by atoms with Crippen LogP contribution in [0.4, 0.5) is 0 Å². The number of thiophene rings is 1. The standard InChI is InChI=1S/C14H16O2S/c1-9-5-4-6-12-11(9)7-10(17-12)8-14(2,3)13(15)16/h4-7H,8H2,1-3H3,(H,15,16). The van der Waals surface area contributed by atoms with Crippen molar-refractivity contribution in [2.75, 3.05) is 0 Å². The second-order valence-corrected chi connectivity index (χ2v) is 6.23. The van der Waals surface area contributed by atoms with Crippen LogP contribution in [0.5, 0.6) is 0 Å². The predicted molar refractivity (Wildman–Crippen MR) is 71.7 cm³/mol. The molecule has 0 aliphatic heterocycles. The van der Waals surface area contributed by atoms with Gasteiger partial charge in [-0.2, -0.15) is 0 Å². The fourth-order valence-corrected chi connectivity index (χ4v) is 3.23. The zero-order valence-electron chi connectivity index (χ0n) is 10.3. The summed E-state index contributed by atoms with van der Waals surface area (Å²) in [7, 11) is 0. The molecular weight excluding hydrogens is 232 g/mol. The maximum Gasteiger partial charge on any atom is 0.309 e. The Bertz CT molecular complexity index is 567. The first kappa shape index (κ1) is 12.1. The molecule has 0 bridgehead atoms. The van der Waals surface area contributed by atoms with Crippen LogP contribution in [0.25, 0.3) is 10.1 Å². The van der Waals surface area contributed by atoms with Crippen LogP contribution in [-0.2, 0) is 11.2 Å². The number of hydrogen-bond acceptors (Lipinski definition) is 2. The number of rotatable bonds is 3. The van der Waals surface area contributed by atoms with Gasteiger partial charge in [0.2, 0.25) is 0 Å². The smallest absolute Gasteiger partial charge is 0.309 e. The Balaban J connectivity index is 2.38. The van der Waals surface area contributed by atoms with E-state index in [0.29, 0.717) is 6.42 Å². The molecule has 0 atom stereocenters. The summed E-state index contributed by atoms with van der Waals surface area (Å²) in [5.41, 5.74) is 0.549. The highest BCUT2D eigenvalue weighted by molar-refractivity contribution is 7.19. The molecule has 2 aromatic rings. The molecule has 0 amide bonds. The third-order valence-electron chi connectivity index (χ3n) is 3.03. The molecule has 17 heavy (non-hydrogen) atoms. The molecule has 0 aliphatic carbocycles. The van der Waals surface area contributed by atoms with Crippen molar-refractivity contribution in [2.45, 2.75) is 27.2 Å². The van der Waals surface area contributed by atoms with E-state index in [9.17, 15) is 4.79 Å². The summed E-state index contributed by atoms with van der Waals surface area (Å²) in [5.74, 6) is -0.744. The van der Waals surface area contributed by atoms with Crippen molar-refractivity contribution in [3.05, 3.63) is 34.7 Å². The number of aliphatic carboxylic acids is 1. The van der Waals surface area contributed by atoms with Crippen LogP contribution in [0.2, 0.25) is 0 Å². The molecule has 1 heterocycles. The summed E-state index contributed by atoms with van der Waals surface area (Å²) >= 11 is 1.69. The van der Waals surface area contributed by atoms with Gasteiger partial charge in [0.05, 0.1) is 5.41 Å². The van der Waals surface area contributed by atoms with Crippen molar-refractivity contribution >= 4 is 27.4 Å². The van der Waals surface area contributed by atoms with Crippen LogP contribution in [0, 0.1) is 12.3 Å². The Kier molecular flexibility index (Phi) is 2.96. The summed E-state index contributed by atoms with van der Waals surface area (Å²) in [5, 5.41) is 10.4. The monoisotopic (exact) mass is 248 g/mol. The number of benzene rings is 1. The van der Waals surface area contributed by atoms with Crippen LogP contribution in [0.3, 0.4) is 0 Å². The number of hydrogen-bond donors (Lipinski definition) is 1. The summed E-state index contributed by atoms with van der Waals surface area (Å²) in [4.78, 5) is 12.3. The minimum absolute atomic E-state index is 0.584. The van der Waals surface area contributed by atoms with E-state index >= 15 is 0 Å².